The molecule has 1 aromatic rings. The molecule has 1 unspecified atom stereocenters. The minimum Gasteiger partial charge on any atom is -0.461 e. The maximum atomic E-state index is 11.4. The quantitative estimate of drug-likeness (QED) is 0.818. The molecule has 2 rings (SSSR count). The zero-order valence-electron chi connectivity index (χ0n) is 9.36. The van der Waals surface area contributed by atoms with Crippen molar-refractivity contribution in [3.05, 3.63) is 16.1 Å². The minimum absolute atomic E-state index is 0.311. The van der Waals surface area contributed by atoms with Gasteiger partial charge in [0.2, 0.25) is 0 Å². The first-order chi connectivity index (χ1) is 7.81. The number of aromatic nitrogens is 1. The van der Waals surface area contributed by atoms with Gasteiger partial charge in [-0.05, 0) is 26.3 Å². The first kappa shape index (κ1) is 11.5. The van der Waals surface area contributed by atoms with E-state index in [9.17, 15) is 4.79 Å². The third kappa shape index (κ3) is 2.59. The van der Waals surface area contributed by atoms with Crippen LogP contribution < -0.4 is 5.32 Å². The van der Waals surface area contributed by atoms with Crippen LogP contribution >= 0.6 is 11.3 Å². The summed E-state index contributed by atoms with van der Waals surface area (Å²) in [7, 11) is 0. The fourth-order valence-electron chi connectivity index (χ4n) is 1.84. The Morgan fingerprint density at radius 1 is 1.75 bits per heavy atom. The van der Waals surface area contributed by atoms with Crippen LogP contribution in [0.4, 0.5) is 0 Å². The number of carbonyl (C=O) groups is 1. The Morgan fingerprint density at radius 2 is 2.62 bits per heavy atom. The summed E-state index contributed by atoms with van der Waals surface area (Å²) in [4.78, 5) is 15.8. The van der Waals surface area contributed by atoms with Crippen LogP contribution in [0, 0.1) is 0 Å². The number of nitrogens with zero attached hydrogens (tertiary/aromatic N) is 1. The van der Waals surface area contributed by atoms with E-state index in [2.05, 4.69) is 10.3 Å². The van der Waals surface area contributed by atoms with Crippen LogP contribution in [0.5, 0.6) is 0 Å². The molecule has 1 aromatic heterocycles. The van der Waals surface area contributed by atoms with Gasteiger partial charge in [-0.15, -0.1) is 11.3 Å². The van der Waals surface area contributed by atoms with Crippen molar-refractivity contribution in [1.82, 2.24) is 10.3 Å². The molecule has 0 radical (unpaired) electrons. The Morgan fingerprint density at radius 3 is 3.31 bits per heavy atom. The molecule has 1 fully saturated rings. The Bertz CT molecular complexity index is 359. The smallest absolute Gasteiger partial charge is 0.357 e. The van der Waals surface area contributed by atoms with E-state index in [1.54, 1.807) is 23.6 Å². The second-order valence-electron chi connectivity index (χ2n) is 3.83. The van der Waals surface area contributed by atoms with Gasteiger partial charge in [-0.1, -0.05) is 0 Å². The van der Waals surface area contributed by atoms with E-state index in [1.165, 1.54) is 6.42 Å². The summed E-state index contributed by atoms with van der Waals surface area (Å²) in [6.45, 7) is 4.26. The lowest BCUT2D eigenvalue weighted by Crippen LogP contribution is -2.28. The van der Waals surface area contributed by atoms with Crippen LogP contribution in [0.2, 0.25) is 0 Å². The number of carbonyl (C=O) groups excluding carboxylic acids is 1. The highest BCUT2D eigenvalue weighted by atomic mass is 32.1. The van der Waals surface area contributed by atoms with Gasteiger partial charge in [0.05, 0.1) is 11.6 Å². The average molecular weight is 240 g/mol. The van der Waals surface area contributed by atoms with Crippen molar-refractivity contribution in [2.75, 3.05) is 19.7 Å². The maximum absolute atomic E-state index is 11.4. The molecule has 0 bridgehead atoms. The van der Waals surface area contributed by atoms with Gasteiger partial charge in [-0.3, -0.25) is 0 Å². The van der Waals surface area contributed by atoms with Gasteiger partial charge in [-0.25, -0.2) is 9.78 Å². The summed E-state index contributed by atoms with van der Waals surface area (Å²) in [6, 6.07) is 0. The third-order valence-electron chi connectivity index (χ3n) is 2.65. The Kier molecular flexibility index (Phi) is 3.90. The molecule has 5 heteroatoms. The SMILES string of the molecule is CCOC(=O)c1csc(C2CCCNC2)n1. The van der Waals surface area contributed by atoms with E-state index in [-0.39, 0.29) is 5.97 Å². The summed E-state index contributed by atoms with van der Waals surface area (Å²) in [5.74, 6) is 0.149. The first-order valence-electron chi connectivity index (χ1n) is 5.64. The van der Waals surface area contributed by atoms with Crippen LogP contribution in [0.25, 0.3) is 0 Å². The monoisotopic (exact) mass is 240 g/mol. The summed E-state index contributed by atoms with van der Waals surface area (Å²) >= 11 is 1.56. The molecule has 1 atom stereocenters. The third-order valence-corrected chi connectivity index (χ3v) is 3.66. The predicted molar refractivity (Wildman–Crippen MR) is 62.9 cm³/mol. The largest absolute Gasteiger partial charge is 0.461 e. The van der Waals surface area contributed by atoms with Crippen molar-refractivity contribution >= 4 is 17.3 Å². The van der Waals surface area contributed by atoms with Crippen molar-refractivity contribution < 1.29 is 9.53 Å². The van der Waals surface area contributed by atoms with Crippen molar-refractivity contribution in [2.45, 2.75) is 25.7 Å². The van der Waals surface area contributed by atoms with E-state index in [4.69, 9.17) is 4.74 Å². The van der Waals surface area contributed by atoms with Crippen molar-refractivity contribution in [1.29, 1.82) is 0 Å². The molecule has 1 aliphatic rings. The molecule has 0 aromatic carbocycles. The van der Waals surface area contributed by atoms with Gasteiger partial charge < -0.3 is 10.1 Å². The number of thiazole rings is 1. The number of ether oxygens (including phenoxy) is 1. The molecule has 1 N–H and O–H groups in total. The number of hydrogen-bond donors (Lipinski definition) is 1. The standard InChI is InChI=1S/C11H16N2O2S/c1-2-15-11(14)9-7-16-10(13-9)8-4-3-5-12-6-8/h7-8,12H,2-6H2,1H3. The Balaban J connectivity index is 2.03. The fraction of sp³-hybridized carbons (Fsp3) is 0.636. The highest BCUT2D eigenvalue weighted by molar-refractivity contribution is 7.09. The topological polar surface area (TPSA) is 51.2 Å². The van der Waals surface area contributed by atoms with Gasteiger partial charge in [0.1, 0.15) is 0 Å². The van der Waals surface area contributed by atoms with Gasteiger partial charge >= 0.3 is 5.97 Å². The normalized spacial score (nSPS) is 20.7. The molecule has 1 aliphatic heterocycles. The van der Waals surface area contributed by atoms with Crippen molar-refractivity contribution in [2.24, 2.45) is 0 Å². The molecule has 0 spiro atoms. The zero-order valence-corrected chi connectivity index (χ0v) is 10.2. The van der Waals surface area contributed by atoms with Crippen LogP contribution in [0.1, 0.15) is 41.2 Å². The van der Waals surface area contributed by atoms with Gasteiger partial charge in [-0.2, -0.15) is 0 Å². The highest BCUT2D eigenvalue weighted by Crippen LogP contribution is 2.26. The Labute approximate surface area is 99.0 Å². The van der Waals surface area contributed by atoms with Crippen LogP contribution in [0.15, 0.2) is 5.38 Å². The predicted octanol–water partition coefficient (Wildman–Crippen LogP) is 1.79. The van der Waals surface area contributed by atoms with Crippen molar-refractivity contribution in [3.63, 3.8) is 0 Å². The van der Waals surface area contributed by atoms with Gasteiger partial charge in [0, 0.05) is 17.8 Å². The average Bonchev–Trinajstić information content (AvgIpc) is 2.80. The number of nitrogens with one attached hydrogen (secondary N) is 1. The summed E-state index contributed by atoms with van der Waals surface area (Å²) in [5.41, 5.74) is 0.451. The molecule has 2 heterocycles. The molecule has 16 heavy (non-hydrogen) atoms. The molecular weight excluding hydrogens is 224 g/mol. The molecule has 0 saturated carbocycles. The van der Waals surface area contributed by atoms with Gasteiger partial charge in [0.15, 0.2) is 5.69 Å². The molecule has 0 aliphatic carbocycles. The van der Waals surface area contributed by atoms with Crippen LogP contribution in [-0.2, 0) is 4.74 Å². The Hall–Kier alpha value is -0.940. The van der Waals surface area contributed by atoms with E-state index in [1.807, 2.05) is 0 Å². The maximum Gasteiger partial charge on any atom is 0.357 e. The molecule has 1 saturated heterocycles. The highest BCUT2D eigenvalue weighted by Gasteiger charge is 2.20. The lowest BCUT2D eigenvalue weighted by atomic mass is 10.0. The lowest BCUT2D eigenvalue weighted by Gasteiger charge is -2.20. The number of esters is 1. The number of hydrogen-bond acceptors (Lipinski definition) is 5. The minimum atomic E-state index is -0.311. The molecule has 0 amide bonds. The van der Waals surface area contributed by atoms with E-state index in [0.29, 0.717) is 18.2 Å². The lowest BCUT2D eigenvalue weighted by molar-refractivity contribution is 0.0520. The molecular formula is C11H16N2O2S. The van der Waals surface area contributed by atoms with Crippen LogP contribution in [0.3, 0.4) is 0 Å². The van der Waals surface area contributed by atoms with Gasteiger partial charge in [0.25, 0.3) is 0 Å². The number of rotatable bonds is 3. The zero-order chi connectivity index (χ0) is 11.4. The fourth-order valence-corrected chi connectivity index (χ4v) is 2.76. The molecule has 4 nitrogen and oxygen atoms in total. The van der Waals surface area contributed by atoms with E-state index >= 15 is 0 Å². The van der Waals surface area contributed by atoms with Crippen LogP contribution in [-0.4, -0.2) is 30.6 Å². The van der Waals surface area contributed by atoms with Crippen molar-refractivity contribution in [3.8, 4) is 0 Å². The second-order valence-corrected chi connectivity index (χ2v) is 4.72. The van der Waals surface area contributed by atoms with E-state index < -0.39 is 0 Å². The summed E-state index contributed by atoms with van der Waals surface area (Å²) in [6.07, 6.45) is 2.34. The summed E-state index contributed by atoms with van der Waals surface area (Å²) in [5, 5.41) is 6.19. The summed E-state index contributed by atoms with van der Waals surface area (Å²) < 4.78 is 4.92. The first-order valence-corrected chi connectivity index (χ1v) is 6.52. The number of piperidine rings is 1. The molecule has 88 valence electrons. The second kappa shape index (κ2) is 5.41. The van der Waals surface area contributed by atoms with E-state index in [0.717, 1.165) is 24.5 Å².